The van der Waals surface area contributed by atoms with E-state index in [-0.39, 0.29) is 5.41 Å². The topological polar surface area (TPSA) is 23.6 Å². The second kappa shape index (κ2) is 5.34. The number of carbonyl (C=O) groups excluding carboxylic acids is 1. The molecular weight excluding hydrogens is 260 g/mol. The highest BCUT2D eigenvalue weighted by molar-refractivity contribution is 5.60. The van der Waals surface area contributed by atoms with Gasteiger partial charge in [-0.1, -0.05) is 20.3 Å². The van der Waals surface area contributed by atoms with Crippen LogP contribution in [0, 0.1) is 10.8 Å². The summed E-state index contributed by atoms with van der Waals surface area (Å²) in [6.45, 7) is 12.7. The molecule has 0 amide bonds. The van der Waals surface area contributed by atoms with Gasteiger partial charge in [0.2, 0.25) is 0 Å². The number of aldehydes is 1. The molecule has 3 aliphatic heterocycles. The Kier molecular flexibility index (Phi) is 3.94. The number of nitrogens with zero attached hydrogens (tertiary/aromatic N) is 2. The first kappa shape index (κ1) is 15.5. The maximum Gasteiger partial charge on any atom is 0.127 e. The first-order chi connectivity index (χ1) is 9.84. The fourth-order valence-electron chi connectivity index (χ4n) is 5.08. The maximum atomic E-state index is 11.9. The van der Waals surface area contributed by atoms with Crippen molar-refractivity contribution in [1.82, 2.24) is 9.80 Å². The summed E-state index contributed by atoms with van der Waals surface area (Å²) >= 11 is 0. The van der Waals surface area contributed by atoms with E-state index in [1.807, 2.05) is 0 Å². The number of carbonyl (C=O) groups is 1. The van der Waals surface area contributed by atoms with E-state index in [2.05, 4.69) is 37.5 Å². The van der Waals surface area contributed by atoms with Crippen LogP contribution >= 0.6 is 0 Å². The lowest BCUT2D eigenvalue weighted by atomic mass is 9.63. The van der Waals surface area contributed by atoms with Crippen molar-refractivity contribution in [3.63, 3.8) is 0 Å². The number of piperazine rings is 1. The molecule has 3 saturated heterocycles. The Morgan fingerprint density at radius 1 is 1.19 bits per heavy atom. The first-order valence-electron chi connectivity index (χ1n) is 8.80. The van der Waals surface area contributed by atoms with E-state index in [4.69, 9.17) is 0 Å². The highest BCUT2D eigenvalue weighted by Crippen LogP contribution is 2.47. The van der Waals surface area contributed by atoms with Crippen molar-refractivity contribution >= 4 is 6.29 Å². The molecule has 3 heteroatoms. The zero-order valence-electron chi connectivity index (χ0n) is 14.3. The van der Waals surface area contributed by atoms with Crippen LogP contribution in [-0.2, 0) is 4.79 Å². The molecule has 0 aromatic carbocycles. The zero-order chi connectivity index (χ0) is 15.3. The molecule has 3 heterocycles. The van der Waals surface area contributed by atoms with E-state index in [0.717, 1.165) is 19.4 Å². The highest BCUT2D eigenvalue weighted by atomic mass is 16.1. The molecule has 3 nitrogen and oxygen atoms in total. The Morgan fingerprint density at radius 2 is 1.86 bits per heavy atom. The molecular formula is C18H32N2O. The van der Waals surface area contributed by atoms with E-state index in [1.54, 1.807) is 0 Å². The second-order valence-electron chi connectivity index (χ2n) is 8.94. The fraction of sp³-hybridized carbons (Fsp3) is 0.944. The van der Waals surface area contributed by atoms with Crippen molar-refractivity contribution in [3.05, 3.63) is 0 Å². The maximum absolute atomic E-state index is 11.9. The number of fused-ring (bicyclic) bond motifs is 2. The van der Waals surface area contributed by atoms with Crippen LogP contribution in [0.3, 0.4) is 0 Å². The molecule has 3 unspecified atom stereocenters. The Balaban J connectivity index is 1.65. The molecule has 0 aromatic rings. The molecule has 2 bridgehead atoms. The standard InChI is InChI=1S/C18H32N2O/c1-14(2)19-9-15-8-16(10-19)20(15)12-18(13-21)7-5-6-17(3,4)11-18/h13-16H,5-12H2,1-4H3. The van der Waals surface area contributed by atoms with Gasteiger partial charge in [0.25, 0.3) is 0 Å². The van der Waals surface area contributed by atoms with Gasteiger partial charge >= 0.3 is 0 Å². The third-order valence-electron chi connectivity index (χ3n) is 6.21. The van der Waals surface area contributed by atoms with E-state index in [0.29, 0.717) is 23.5 Å². The van der Waals surface area contributed by atoms with Gasteiger partial charge in [0.05, 0.1) is 0 Å². The predicted octanol–water partition coefficient (Wildman–Crippen LogP) is 2.94. The van der Waals surface area contributed by atoms with Crippen molar-refractivity contribution in [2.45, 2.75) is 77.9 Å². The van der Waals surface area contributed by atoms with Gasteiger partial charge in [-0.05, 0) is 44.9 Å². The zero-order valence-corrected chi connectivity index (χ0v) is 14.3. The third kappa shape index (κ3) is 2.92. The molecule has 0 aromatic heterocycles. The second-order valence-corrected chi connectivity index (χ2v) is 8.94. The summed E-state index contributed by atoms with van der Waals surface area (Å²) in [5.41, 5.74) is 0.266. The summed E-state index contributed by atoms with van der Waals surface area (Å²) in [5.74, 6) is 0. The fourth-order valence-corrected chi connectivity index (χ4v) is 5.08. The lowest BCUT2D eigenvalue weighted by Gasteiger charge is -2.60. The number of rotatable bonds is 4. The number of piperidine rings is 1. The van der Waals surface area contributed by atoms with Crippen LogP contribution in [-0.4, -0.2) is 53.8 Å². The largest absolute Gasteiger partial charge is 0.303 e. The van der Waals surface area contributed by atoms with E-state index >= 15 is 0 Å². The van der Waals surface area contributed by atoms with Gasteiger partial charge < -0.3 is 4.79 Å². The lowest BCUT2D eigenvalue weighted by molar-refractivity contribution is -0.133. The van der Waals surface area contributed by atoms with E-state index in [9.17, 15) is 4.79 Å². The molecule has 4 rings (SSSR count). The van der Waals surface area contributed by atoms with Gasteiger partial charge in [-0.2, -0.15) is 0 Å². The van der Waals surface area contributed by atoms with Crippen LogP contribution < -0.4 is 0 Å². The minimum absolute atomic E-state index is 0.0708. The third-order valence-corrected chi connectivity index (χ3v) is 6.21. The summed E-state index contributed by atoms with van der Waals surface area (Å²) in [5, 5.41) is 0. The average molecular weight is 292 g/mol. The smallest absolute Gasteiger partial charge is 0.127 e. The molecule has 120 valence electrons. The Bertz CT molecular complexity index is 394. The Hall–Kier alpha value is -0.410. The van der Waals surface area contributed by atoms with Crippen LogP contribution in [0.1, 0.15) is 59.8 Å². The van der Waals surface area contributed by atoms with Crippen molar-refractivity contribution in [2.24, 2.45) is 10.8 Å². The first-order valence-corrected chi connectivity index (χ1v) is 8.80. The van der Waals surface area contributed by atoms with E-state index in [1.165, 1.54) is 38.6 Å². The van der Waals surface area contributed by atoms with Gasteiger partial charge in [0.1, 0.15) is 6.29 Å². The van der Waals surface area contributed by atoms with Crippen molar-refractivity contribution in [3.8, 4) is 0 Å². The summed E-state index contributed by atoms with van der Waals surface area (Å²) < 4.78 is 0. The molecule has 3 atom stereocenters. The average Bonchev–Trinajstić information content (AvgIpc) is 2.44. The summed E-state index contributed by atoms with van der Waals surface area (Å²) in [4.78, 5) is 17.2. The molecule has 1 aliphatic carbocycles. The SMILES string of the molecule is CC(C)N1CC2CC(C1)N2CC1(C=O)CCCC(C)(C)C1. The molecule has 0 N–H and O–H groups in total. The Morgan fingerprint density at radius 3 is 2.38 bits per heavy atom. The summed E-state index contributed by atoms with van der Waals surface area (Å²) in [7, 11) is 0. The quantitative estimate of drug-likeness (QED) is 0.744. The van der Waals surface area contributed by atoms with Crippen molar-refractivity contribution < 1.29 is 4.79 Å². The normalized spacial score (nSPS) is 40.0. The minimum atomic E-state index is -0.0708. The molecule has 21 heavy (non-hydrogen) atoms. The highest BCUT2D eigenvalue weighted by Gasteiger charge is 2.49. The Labute approximate surface area is 130 Å². The van der Waals surface area contributed by atoms with Gasteiger partial charge in [-0.15, -0.1) is 0 Å². The summed E-state index contributed by atoms with van der Waals surface area (Å²) in [6, 6.07) is 2.06. The monoisotopic (exact) mass is 292 g/mol. The van der Waals surface area contributed by atoms with Crippen LogP contribution in [0.2, 0.25) is 0 Å². The van der Waals surface area contributed by atoms with Gasteiger partial charge in [-0.25, -0.2) is 0 Å². The number of hydrogen-bond donors (Lipinski definition) is 0. The molecule has 1 saturated carbocycles. The van der Waals surface area contributed by atoms with Crippen LogP contribution in [0.15, 0.2) is 0 Å². The van der Waals surface area contributed by atoms with E-state index < -0.39 is 0 Å². The van der Waals surface area contributed by atoms with Crippen LogP contribution in [0.4, 0.5) is 0 Å². The predicted molar refractivity (Wildman–Crippen MR) is 86.4 cm³/mol. The van der Waals surface area contributed by atoms with Crippen LogP contribution in [0.25, 0.3) is 0 Å². The minimum Gasteiger partial charge on any atom is -0.303 e. The van der Waals surface area contributed by atoms with Crippen molar-refractivity contribution in [1.29, 1.82) is 0 Å². The lowest BCUT2D eigenvalue weighted by Crippen LogP contribution is -2.71. The van der Waals surface area contributed by atoms with Gasteiger partial charge in [0.15, 0.2) is 0 Å². The summed E-state index contributed by atoms with van der Waals surface area (Å²) in [6.07, 6.45) is 7.32. The van der Waals surface area contributed by atoms with Gasteiger partial charge in [0, 0.05) is 43.2 Å². The molecule has 0 spiro atoms. The van der Waals surface area contributed by atoms with Gasteiger partial charge in [-0.3, -0.25) is 9.80 Å². The molecule has 4 aliphatic rings. The molecule has 4 fully saturated rings. The number of hydrogen-bond acceptors (Lipinski definition) is 3. The van der Waals surface area contributed by atoms with Crippen molar-refractivity contribution in [2.75, 3.05) is 19.6 Å². The van der Waals surface area contributed by atoms with Crippen LogP contribution in [0.5, 0.6) is 0 Å². The molecule has 0 radical (unpaired) electrons.